The molecule has 1 amide bonds. The molecule has 1 heterocycles. The van der Waals surface area contributed by atoms with Crippen LogP contribution in [-0.4, -0.2) is 39.9 Å². The number of rotatable bonds is 6. The fraction of sp³-hybridized carbons (Fsp3) is 0.115. The van der Waals surface area contributed by atoms with Gasteiger partial charge in [-0.2, -0.15) is 0 Å². The molecule has 0 saturated carbocycles. The van der Waals surface area contributed by atoms with Gasteiger partial charge in [-0.1, -0.05) is 65.7 Å². The van der Waals surface area contributed by atoms with Gasteiger partial charge in [-0.05, 0) is 35.4 Å². The van der Waals surface area contributed by atoms with Crippen LogP contribution in [0.25, 0.3) is 5.76 Å². The predicted octanol–water partition coefficient (Wildman–Crippen LogP) is 5.32. The Balaban J connectivity index is 1.83. The van der Waals surface area contributed by atoms with E-state index in [1.807, 2.05) is 0 Å². The number of carbonyl (C=O) groups is 3. The van der Waals surface area contributed by atoms with Crippen LogP contribution in [0.4, 0.5) is 0 Å². The molecule has 0 radical (unpaired) electrons. The third kappa shape index (κ3) is 4.60. The summed E-state index contributed by atoms with van der Waals surface area (Å²) >= 11 is 12.5. The van der Waals surface area contributed by atoms with Crippen molar-refractivity contribution in [3.63, 3.8) is 0 Å². The van der Waals surface area contributed by atoms with Gasteiger partial charge >= 0.3 is 5.97 Å². The second-order valence-electron chi connectivity index (χ2n) is 7.81. The number of hydrogen-bond acceptors (Lipinski definition) is 5. The van der Waals surface area contributed by atoms with Gasteiger partial charge in [0.15, 0.2) is 5.75 Å². The number of halogens is 2. The number of likely N-dealkylation sites (tertiary alicyclic amines) is 1. The van der Waals surface area contributed by atoms with Crippen molar-refractivity contribution in [1.82, 2.24) is 4.90 Å². The van der Waals surface area contributed by atoms with Crippen LogP contribution >= 0.6 is 23.2 Å². The van der Waals surface area contributed by atoms with Crippen LogP contribution in [-0.2, 0) is 16.1 Å². The minimum Gasteiger partial charge on any atom is -0.507 e. The van der Waals surface area contributed by atoms with Crippen LogP contribution in [0.5, 0.6) is 5.75 Å². The molecule has 1 aliphatic rings. The lowest BCUT2D eigenvalue weighted by atomic mass is 9.95. The summed E-state index contributed by atoms with van der Waals surface area (Å²) in [5, 5.41) is 20.6. The molecule has 1 fully saturated rings. The smallest absolute Gasteiger partial charge is 0.335 e. The van der Waals surface area contributed by atoms with Crippen molar-refractivity contribution in [2.24, 2.45) is 0 Å². The van der Waals surface area contributed by atoms with Crippen molar-refractivity contribution < 1.29 is 29.3 Å². The first-order valence-electron chi connectivity index (χ1n) is 10.4. The van der Waals surface area contributed by atoms with Crippen molar-refractivity contribution in [2.45, 2.75) is 12.6 Å². The molecule has 0 aliphatic carbocycles. The van der Waals surface area contributed by atoms with E-state index in [2.05, 4.69) is 0 Å². The van der Waals surface area contributed by atoms with E-state index < -0.39 is 29.5 Å². The zero-order chi connectivity index (χ0) is 25.3. The highest BCUT2D eigenvalue weighted by molar-refractivity contribution is 6.46. The monoisotopic (exact) mass is 511 g/mol. The van der Waals surface area contributed by atoms with E-state index in [1.165, 1.54) is 36.3 Å². The number of aromatic carboxylic acids is 1. The molecule has 1 atom stereocenters. The Morgan fingerprint density at radius 3 is 2.09 bits per heavy atom. The Labute approximate surface area is 210 Å². The molecule has 0 aromatic heterocycles. The minimum absolute atomic E-state index is 0.0188. The number of aliphatic hydroxyl groups excluding tert-OH is 1. The van der Waals surface area contributed by atoms with E-state index in [1.54, 1.807) is 42.5 Å². The number of hydrogen-bond donors (Lipinski definition) is 2. The molecule has 0 bridgehead atoms. The maximum atomic E-state index is 13.2. The van der Waals surface area contributed by atoms with Crippen LogP contribution < -0.4 is 4.74 Å². The quantitative estimate of drug-likeness (QED) is 0.263. The fourth-order valence-corrected chi connectivity index (χ4v) is 4.66. The number of carboxylic acids is 1. The van der Waals surface area contributed by atoms with E-state index in [0.29, 0.717) is 11.1 Å². The third-order valence-electron chi connectivity index (χ3n) is 5.68. The molecule has 7 nitrogen and oxygen atoms in total. The summed E-state index contributed by atoms with van der Waals surface area (Å²) in [7, 11) is 1.40. The average molecular weight is 512 g/mol. The Hall–Kier alpha value is -3.81. The summed E-state index contributed by atoms with van der Waals surface area (Å²) in [5.74, 6) is -2.93. The lowest BCUT2D eigenvalue weighted by Gasteiger charge is -2.25. The van der Waals surface area contributed by atoms with Crippen molar-refractivity contribution in [2.75, 3.05) is 7.11 Å². The van der Waals surface area contributed by atoms with E-state index in [4.69, 9.17) is 33.0 Å². The normalized spacial score (nSPS) is 17.0. The van der Waals surface area contributed by atoms with Gasteiger partial charge in [0.25, 0.3) is 11.7 Å². The lowest BCUT2D eigenvalue weighted by molar-refractivity contribution is -0.140. The molecule has 178 valence electrons. The van der Waals surface area contributed by atoms with Gasteiger partial charge < -0.3 is 19.8 Å². The molecule has 1 saturated heterocycles. The molecule has 1 unspecified atom stereocenters. The first-order chi connectivity index (χ1) is 16.7. The van der Waals surface area contributed by atoms with Gasteiger partial charge in [0.2, 0.25) is 0 Å². The minimum atomic E-state index is -1.07. The molecule has 4 rings (SSSR count). The van der Waals surface area contributed by atoms with Crippen molar-refractivity contribution in [3.8, 4) is 5.75 Å². The number of Topliss-reactive ketones (excluding diaryl/α,β-unsaturated/α-hetero) is 1. The molecule has 9 heteroatoms. The first kappa shape index (κ1) is 24.3. The van der Waals surface area contributed by atoms with Crippen molar-refractivity contribution in [1.29, 1.82) is 0 Å². The molecule has 0 spiro atoms. The van der Waals surface area contributed by atoms with E-state index in [0.717, 1.165) is 0 Å². The molecule has 2 N–H and O–H groups in total. The molecule has 1 aliphatic heterocycles. The van der Waals surface area contributed by atoms with E-state index in [-0.39, 0.29) is 39.0 Å². The van der Waals surface area contributed by atoms with Crippen LogP contribution in [0.1, 0.15) is 33.1 Å². The zero-order valence-corrected chi connectivity index (χ0v) is 19.9. The van der Waals surface area contributed by atoms with Crippen molar-refractivity contribution >= 4 is 46.6 Å². The third-order valence-corrected chi connectivity index (χ3v) is 6.25. The summed E-state index contributed by atoms with van der Waals surface area (Å²) in [6.07, 6.45) is 0. The summed E-state index contributed by atoms with van der Waals surface area (Å²) in [5.41, 5.74) is 1.38. The SMILES string of the molecule is COc1c(Cl)cc(/C(O)=C2\C(=O)C(=O)N(Cc3ccc(C(=O)O)cc3)C2c2ccccc2)cc1Cl. The van der Waals surface area contributed by atoms with Crippen LogP contribution in [0.15, 0.2) is 72.3 Å². The van der Waals surface area contributed by atoms with Gasteiger partial charge in [0.1, 0.15) is 5.76 Å². The second kappa shape index (κ2) is 9.82. The number of carbonyl (C=O) groups excluding carboxylic acids is 2. The van der Waals surface area contributed by atoms with Crippen LogP contribution in [0.2, 0.25) is 10.0 Å². The molecule has 3 aromatic rings. The van der Waals surface area contributed by atoms with Crippen LogP contribution in [0, 0.1) is 0 Å². The highest BCUT2D eigenvalue weighted by atomic mass is 35.5. The summed E-state index contributed by atoms with van der Waals surface area (Å²) in [6.45, 7) is 0.0188. The van der Waals surface area contributed by atoms with Gasteiger partial charge in [0.05, 0.1) is 34.3 Å². The van der Waals surface area contributed by atoms with Gasteiger partial charge in [-0.3, -0.25) is 9.59 Å². The number of ether oxygens (including phenoxy) is 1. The number of nitrogens with zero attached hydrogens (tertiary/aromatic N) is 1. The standard InChI is InChI=1S/C26H19Cl2NO6/c1-35-24-18(27)11-17(12-19(24)28)22(30)20-21(15-5-3-2-4-6-15)29(25(32)23(20)31)13-14-7-9-16(10-8-14)26(33)34/h2-12,21,30H,13H2,1H3,(H,33,34)/b22-20+. The molecular formula is C26H19Cl2NO6. The van der Waals surface area contributed by atoms with Gasteiger partial charge in [-0.25, -0.2) is 4.79 Å². The number of amides is 1. The first-order valence-corrected chi connectivity index (χ1v) is 11.2. The summed E-state index contributed by atoms with van der Waals surface area (Å²) in [4.78, 5) is 38.8. The number of ketones is 1. The van der Waals surface area contributed by atoms with Gasteiger partial charge in [0, 0.05) is 12.1 Å². The Morgan fingerprint density at radius 1 is 0.943 bits per heavy atom. The molecule has 35 heavy (non-hydrogen) atoms. The number of benzene rings is 3. The predicted molar refractivity (Wildman–Crippen MR) is 131 cm³/mol. The highest BCUT2D eigenvalue weighted by Gasteiger charge is 2.46. The highest BCUT2D eigenvalue weighted by Crippen LogP contribution is 2.42. The molecule has 3 aromatic carbocycles. The topological polar surface area (TPSA) is 104 Å². The maximum Gasteiger partial charge on any atom is 0.335 e. The lowest BCUT2D eigenvalue weighted by Crippen LogP contribution is -2.29. The van der Waals surface area contributed by atoms with Crippen LogP contribution in [0.3, 0.4) is 0 Å². The Bertz CT molecular complexity index is 1330. The average Bonchev–Trinajstić information content (AvgIpc) is 3.09. The number of methoxy groups -OCH3 is 1. The fourth-order valence-electron chi connectivity index (χ4n) is 4.02. The summed E-state index contributed by atoms with van der Waals surface area (Å²) in [6, 6.07) is 16.7. The van der Waals surface area contributed by atoms with Crippen molar-refractivity contribution in [3.05, 3.63) is 105 Å². The number of carboxylic acid groups (broad SMARTS) is 1. The second-order valence-corrected chi connectivity index (χ2v) is 8.63. The van der Waals surface area contributed by atoms with E-state index in [9.17, 15) is 19.5 Å². The Kier molecular flexibility index (Phi) is 6.82. The number of aliphatic hydroxyl groups is 1. The summed E-state index contributed by atoms with van der Waals surface area (Å²) < 4.78 is 5.14. The van der Waals surface area contributed by atoms with Gasteiger partial charge in [-0.15, -0.1) is 0 Å². The zero-order valence-electron chi connectivity index (χ0n) is 18.4. The largest absolute Gasteiger partial charge is 0.507 e. The van der Waals surface area contributed by atoms with E-state index >= 15 is 0 Å². The molecular weight excluding hydrogens is 493 g/mol. The maximum absolute atomic E-state index is 13.2. The Morgan fingerprint density at radius 2 is 1.54 bits per heavy atom.